The van der Waals surface area contributed by atoms with Crippen molar-refractivity contribution in [3.63, 3.8) is 0 Å². The van der Waals surface area contributed by atoms with Crippen LogP contribution in [0, 0.1) is 5.92 Å². The fourth-order valence-corrected chi connectivity index (χ4v) is 2.47. The molecule has 0 aliphatic rings. The van der Waals surface area contributed by atoms with Crippen LogP contribution in [0.5, 0.6) is 0 Å². The Labute approximate surface area is 132 Å². The third kappa shape index (κ3) is 7.65. The van der Waals surface area contributed by atoms with E-state index in [1.165, 1.54) is 6.42 Å². The largest absolute Gasteiger partial charge is 0.394 e. The van der Waals surface area contributed by atoms with Crippen LogP contribution in [-0.4, -0.2) is 62.3 Å². The van der Waals surface area contributed by atoms with Crippen molar-refractivity contribution in [1.82, 2.24) is 0 Å². The lowest BCUT2D eigenvalue weighted by Crippen LogP contribution is -2.48. The molecule has 6 nitrogen and oxygen atoms in total. The first-order chi connectivity index (χ1) is 10.4. The molecule has 0 fully saturated rings. The summed E-state index contributed by atoms with van der Waals surface area (Å²) < 4.78 is 0. The Morgan fingerprint density at radius 2 is 1.55 bits per heavy atom. The lowest BCUT2D eigenvalue weighted by molar-refractivity contribution is -0.147. The summed E-state index contributed by atoms with van der Waals surface area (Å²) in [4.78, 5) is 11.8. The van der Waals surface area contributed by atoms with Crippen molar-refractivity contribution in [3.05, 3.63) is 0 Å². The Balaban J connectivity index is 4.19. The van der Waals surface area contributed by atoms with Gasteiger partial charge in [-0.05, 0) is 12.3 Å². The SMILES string of the molecule is CCCCC(CC)CCCC(=O)C(O)C(O)C(O)C(O)CO. The first-order valence-electron chi connectivity index (χ1n) is 8.24. The summed E-state index contributed by atoms with van der Waals surface area (Å²) in [5.41, 5.74) is 0. The Kier molecular flexibility index (Phi) is 11.7. The molecule has 132 valence electrons. The number of rotatable bonds is 13. The second-order valence-electron chi connectivity index (χ2n) is 5.95. The highest BCUT2D eigenvalue weighted by Crippen LogP contribution is 2.20. The van der Waals surface area contributed by atoms with Crippen molar-refractivity contribution >= 4 is 5.78 Å². The van der Waals surface area contributed by atoms with E-state index in [9.17, 15) is 25.2 Å². The molecule has 5 unspecified atom stereocenters. The number of aliphatic hydroxyl groups is 5. The van der Waals surface area contributed by atoms with Crippen LogP contribution in [-0.2, 0) is 4.79 Å². The van der Waals surface area contributed by atoms with Gasteiger partial charge in [-0.1, -0.05) is 46.0 Å². The molecule has 0 spiro atoms. The third-order valence-electron chi connectivity index (χ3n) is 4.16. The number of hydrogen-bond acceptors (Lipinski definition) is 6. The molecule has 22 heavy (non-hydrogen) atoms. The van der Waals surface area contributed by atoms with E-state index in [1.807, 2.05) is 0 Å². The molecule has 0 amide bonds. The Morgan fingerprint density at radius 1 is 0.955 bits per heavy atom. The van der Waals surface area contributed by atoms with Crippen molar-refractivity contribution in [1.29, 1.82) is 0 Å². The molecule has 0 saturated carbocycles. The zero-order valence-corrected chi connectivity index (χ0v) is 13.7. The molecular formula is C16H32O6. The van der Waals surface area contributed by atoms with Crippen LogP contribution in [0.15, 0.2) is 0 Å². The molecule has 6 heteroatoms. The van der Waals surface area contributed by atoms with Crippen LogP contribution in [0.4, 0.5) is 0 Å². The molecule has 5 N–H and O–H groups in total. The monoisotopic (exact) mass is 320 g/mol. The lowest BCUT2D eigenvalue weighted by Gasteiger charge is -2.25. The number of aliphatic hydroxyl groups excluding tert-OH is 5. The summed E-state index contributed by atoms with van der Waals surface area (Å²) in [7, 11) is 0. The van der Waals surface area contributed by atoms with Crippen molar-refractivity contribution < 1.29 is 30.3 Å². The number of carbonyl (C=O) groups excluding carboxylic acids is 1. The van der Waals surface area contributed by atoms with Gasteiger partial charge in [0.15, 0.2) is 5.78 Å². The zero-order valence-electron chi connectivity index (χ0n) is 13.7. The van der Waals surface area contributed by atoms with Crippen molar-refractivity contribution in [2.75, 3.05) is 6.61 Å². The first-order valence-corrected chi connectivity index (χ1v) is 8.24. The van der Waals surface area contributed by atoms with Crippen molar-refractivity contribution in [2.45, 2.75) is 83.2 Å². The average molecular weight is 320 g/mol. The van der Waals surface area contributed by atoms with E-state index in [4.69, 9.17) is 5.11 Å². The van der Waals surface area contributed by atoms with Crippen LogP contribution in [0.1, 0.15) is 58.8 Å². The molecular weight excluding hydrogens is 288 g/mol. The predicted octanol–water partition coefficient (Wildman–Crippen LogP) is 0.378. The average Bonchev–Trinajstić information content (AvgIpc) is 2.54. The maximum absolute atomic E-state index is 11.8. The molecule has 0 aliphatic heterocycles. The number of unbranched alkanes of at least 4 members (excludes halogenated alkanes) is 1. The fraction of sp³-hybridized carbons (Fsp3) is 0.938. The van der Waals surface area contributed by atoms with Crippen LogP contribution < -0.4 is 0 Å². The summed E-state index contributed by atoms with van der Waals surface area (Å²) in [6, 6.07) is 0. The predicted molar refractivity (Wildman–Crippen MR) is 83.3 cm³/mol. The fourth-order valence-electron chi connectivity index (χ4n) is 2.47. The van der Waals surface area contributed by atoms with Crippen LogP contribution >= 0.6 is 0 Å². The van der Waals surface area contributed by atoms with E-state index < -0.39 is 36.8 Å². The highest BCUT2D eigenvalue weighted by atomic mass is 16.4. The molecule has 0 radical (unpaired) electrons. The smallest absolute Gasteiger partial charge is 0.164 e. The first kappa shape index (κ1) is 21.5. The van der Waals surface area contributed by atoms with Gasteiger partial charge in [-0.15, -0.1) is 0 Å². The summed E-state index contributed by atoms with van der Waals surface area (Å²) in [6.07, 6.45) is -0.727. The normalized spacial score (nSPS) is 18.5. The van der Waals surface area contributed by atoms with Gasteiger partial charge in [0.2, 0.25) is 0 Å². The van der Waals surface area contributed by atoms with Gasteiger partial charge in [-0.2, -0.15) is 0 Å². The highest BCUT2D eigenvalue weighted by molar-refractivity contribution is 5.83. The Hall–Kier alpha value is -0.530. The minimum atomic E-state index is -1.79. The zero-order chi connectivity index (χ0) is 17.1. The molecule has 0 saturated heterocycles. The van der Waals surface area contributed by atoms with Gasteiger partial charge in [-0.3, -0.25) is 4.79 Å². The quantitative estimate of drug-likeness (QED) is 0.335. The van der Waals surface area contributed by atoms with Gasteiger partial charge < -0.3 is 25.5 Å². The summed E-state index contributed by atoms with van der Waals surface area (Å²) in [6.45, 7) is 3.50. The van der Waals surface area contributed by atoms with E-state index in [0.717, 1.165) is 25.7 Å². The maximum Gasteiger partial charge on any atom is 0.164 e. The van der Waals surface area contributed by atoms with E-state index in [-0.39, 0.29) is 6.42 Å². The molecule has 0 aliphatic carbocycles. The number of carbonyl (C=O) groups is 1. The van der Waals surface area contributed by atoms with Crippen LogP contribution in [0.3, 0.4) is 0 Å². The van der Waals surface area contributed by atoms with Crippen LogP contribution in [0.2, 0.25) is 0 Å². The highest BCUT2D eigenvalue weighted by Gasteiger charge is 2.33. The minimum absolute atomic E-state index is 0.128. The van der Waals surface area contributed by atoms with Gasteiger partial charge in [0, 0.05) is 6.42 Å². The standard InChI is InChI=1S/C16H32O6/c1-3-5-7-11(4-2)8-6-9-12(18)14(20)16(22)15(21)13(19)10-17/h11,13-17,19-22H,3-10H2,1-2H3. The van der Waals surface area contributed by atoms with E-state index in [1.54, 1.807) is 0 Å². The molecule has 5 atom stereocenters. The Morgan fingerprint density at radius 3 is 2.05 bits per heavy atom. The van der Waals surface area contributed by atoms with Gasteiger partial charge in [0.05, 0.1) is 6.61 Å². The van der Waals surface area contributed by atoms with Gasteiger partial charge in [-0.25, -0.2) is 0 Å². The molecule has 0 aromatic heterocycles. The maximum atomic E-state index is 11.8. The van der Waals surface area contributed by atoms with Gasteiger partial charge in [0.25, 0.3) is 0 Å². The third-order valence-corrected chi connectivity index (χ3v) is 4.16. The van der Waals surface area contributed by atoms with E-state index in [2.05, 4.69) is 13.8 Å². The molecule has 0 aromatic carbocycles. The summed E-state index contributed by atoms with van der Waals surface area (Å²) in [5, 5.41) is 46.7. The van der Waals surface area contributed by atoms with Gasteiger partial charge >= 0.3 is 0 Å². The second-order valence-corrected chi connectivity index (χ2v) is 5.95. The lowest BCUT2D eigenvalue weighted by atomic mass is 9.91. The molecule has 0 heterocycles. The number of hydrogen-bond donors (Lipinski definition) is 5. The van der Waals surface area contributed by atoms with Gasteiger partial charge in [0.1, 0.15) is 24.4 Å². The molecule has 0 aromatic rings. The Bertz CT molecular complexity index is 296. The van der Waals surface area contributed by atoms with Crippen molar-refractivity contribution in [2.24, 2.45) is 5.92 Å². The van der Waals surface area contributed by atoms with E-state index in [0.29, 0.717) is 12.3 Å². The molecule has 0 rings (SSSR count). The summed E-state index contributed by atoms with van der Waals surface area (Å²) in [5.74, 6) is 0.0126. The van der Waals surface area contributed by atoms with Crippen LogP contribution in [0.25, 0.3) is 0 Å². The number of ketones is 1. The topological polar surface area (TPSA) is 118 Å². The minimum Gasteiger partial charge on any atom is -0.394 e. The number of Topliss-reactive ketones (excluding diaryl/α,β-unsaturated/α-hetero) is 1. The van der Waals surface area contributed by atoms with E-state index >= 15 is 0 Å². The summed E-state index contributed by atoms with van der Waals surface area (Å²) >= 11 is 0. The molecule has 0 bridgehead atoms. The second kappa shape index (κ2) is 12.0. The van der Waals surface area contributed by atoms with Crippen molar-refractivity contribution in [3.8, 4) is 0 Å².